The Hall–Kier alpha value is -3.13. The number of hydrogen-bond acceptors (Lipinski definition) is 7. The van der Waals surface area contributed by atoms with Crippen molar-refractivity contribution in [2.45, 2.75) is 11.0 Å². The third-order valence-corrected chi connectivity index (χ3v) is 4.56. The normalized spacial score (nSPS) is 11.0. The summed E-state index contributed by atoms with van der Waals surface area (Å²) >= 11 is 1.33. The number of ether oxygens (including phenoxy) is 1. The molecule has 0 fully saturated rings. The van der Waals surface area contributed by atoms with Gasteiger partial charge in [-0.25, -0.2) is 4.98 Å². The van der Waals surface area contributed by atoms with Gasteiger partial charge in [0.05, 0.1) is 18.4 Å². The molecule has 0 aliphatic rings. The molecule has 0 radical (unpaired) electrons. The fraction of sp³-hybridized carbons (Fsp3) is 0.111. The second-order valence-electron chi connectivity index (χ2n) is 5.38. The van der Waals surface area contributed by atoms with Crippen molar-refractivity contribution in [1.29, 1.82) is 0 Å². The molecule has 1 aromatic carbocycles. The Bertz CT molecular complexity index is 1120. The van der Waals surface area contributed by atoms with E-state index in [2.05, 4.69) is 15.2 Å². The van der Waals surface area contributed by atoms with E-state index in [9.17, 15) is 4.79 Å². The molecule has 4 rings (SSSR count). The summed E-state index contributed by atoms with van der Waals surface area (Å²) in [6.07, 6.45) is 1.69. The van der Waals surface area contributed by atoms with Gasteiger partial charge in [-0.1, -0.05) is 30.0 Å². The smallest absolute Gasteiger partial charge is 0.277 e. The van der Waals surface area contributed by atoms with Crippen molar-refractivity contribution in [1.82, 2.24) is 19.6 Å². The van der Waals surface area contributed by atoms with Gasteiger partial charge in [-0.2, -0.15) is 0 Å². The first-order valence-electron chi connectivity index (χ1n) is 7.81. The lowest BCUT2D eigenvalue weighted by molar-refractivity contribution is 0.411. The van der Waals surface area contributed by atoms with Gasteiger partial charge in [0, 0.05) is 18.0 Å². The molecule has 0 bridgehead atoms. The number of methoxy groups -OCH3 is 1. The van der Waals surface area contributed by atoms with Gasteiger partial charge >= 0.3 is 0 Å². The maximum absolute atomic E-state index is 12.1. The molecular weight excluding hydrogens is 352 g/mol. The number of hydrogen-bond donors (Lipinski definition) is 0. The molecule has 0 saturated carbocycles. The van der Waals surface area contributed by atoms with Crippen LogP contribution in [0.25, 0.3) is 17.1 Å². The predicted octanol–water partition coefficient (Wildman–Crippen LogP) is 3.05. The molecule has 7 nitrogen and oxygen atoms in total. The van der Waals surface area contributed by atoms with E-state index < -0.39 is 0 Å². The zero-order chi connectivity index (χ0) is 17.9. The van der Waals surface area contributed by atoms with Gasteiger partial charge in [0.15, 0.2) is 0 Å². The van der Waals surface area contributed by atoms with Gasteiger partial charge in [0.1, 0.15) is 11.4 Å². The van der Waals surface area contributed by atoms with Crippen LogP contribution in [0.1, 0.15) is 5.69 Å². The molecule has 0 saturated heterocycles. The minimum absolute atomic E-state index is 0.119. The molecule has 0 aliphatic carbocycles. The van der Waals surface area contributed by atoms with E-state index in [1.54, 1.807) is 25.4 Å². The molecule has 4 aromatic rings. The van der Waals surface area contributed by atoms with Crippen molar-refractivity contribution in [3.63, 3.8) is 0 Å². The third kappa shape index (κ3) is 3.18. The SMILES string of the molecule is COc1ccccc1-c1nnc(SCc2cc(=O)n3ccccc3n2)o1. The second-order valence-corrected chi connectivity index (χ2v) is 6.30. The molecule has 3 heterocycles. The Morgan fingerprint density at radius 1 is 1.15 bits per heavy atom. The van der Waals surface area contributed by atoms with Gasteiger partial charge in [-0.05, 0) is 24.3 Å². The number of benzene rings is 1. The van der Waals surface area contributed by atoms with Crippen LogP contribution in [0.5, 0.6) is 5.75 Å². The van der Waals surface area contributed by atoms with Crippen molar-refractivity contribution in [3.8, 4) is 17.2 Å². The number of pyridine rings is 1. The average molecular weight is 366 g/mol. The van der Waals surface area contributed by atoms with Crippen LogP contribution in [0, 0.1) is 0 Å². The maximum Gasteiger partial charge on any atom is 0.277 e. The van der Waals surface area contributed by atoms with Gasteiger partial charge in [-0.3, -0.25) is 9.20 Å². The topological polar surface area (TPSA) is 82.5 Å². The van der Waals surface area contributed by atoms with E-state index in [1.165, 1.54) is 22.2 Å². The van der Waals surface area contributed by atoms with Crippen molar-refractivity contribution in [2.24, 2.45) is 0 Å². The summed E-state index contributed by atoms with van der Waals surface area (Å²) in [5.74, 6) is 1.50. The molecule has 0 atom stereocenters. The highest BCUT2D eigenvalue weighted by Crippen LogP contribution is 2.30. The van der Waals surface area contributed by atoms with Crippen LogP contribution in [0.4, 0.5) is 0 Å². The summed E-state index contributed by atoms with van der Waals surface area (Å²) < 4.78 is 12.5. The van der Waals surface area contributed by atoms with Crippen LogP contribution in [0.3, 0.4) is 0 Å². The first kappa shape index (κ1) is 16.3. The third-order valence-electron chi connectivity index (χ3n) is 3.71. The summed E-state index contributed by atoms with van der Waals surface area (Å²) in [6.45, 7) is 0. The lowest BCUT2D eigenvalue weighted by Crippen LogP contribution is -2.14. The van der Waals surface area contributed by atoms with E-state index in [1.807, 2.05) is 30.3 Å². The lowest BCUT2D eigenvalue weighted by atomic mass is 10.2. The Morgan fingerprint density at radius 3 is 2.88 bits per heavy atom. The van der Waals surface area contributed by atoms with Gasteiger partial charge < -0.3 is 9.15 Å². The predicted molar refractivity (Wildman–Crippen MR) is 97.3 cm³/mol. The molecule has 0 spiro atoms. The highest BCUT2D eigenvalue weighted by molar-refractivity contribution is 7.98. The van der Waals surface area contributed by atoms with Crippen molar-refractivity contribution in [3.05, 3.63) is 70.8 Å². The standard InChI is InChI=1S/C18H14N4O3S/c1-24-14-7-3-2-6-13(14)17-20-21-18(25-17)26-11-12-10-16(23)22-9-5-4-8-15(22)19-12/h2-10H,11H2,1H3. The van der Waals surface area contributed by atoms with Crippen LogP contribution in [-0.2, 0) is 5.75 Å². The van der Waals surface area contributed by atoms with Crippen molar-refractivity contribution < 1.29 is 9.15 Å². The van der Waals surface area contributed by atoms with Crippen LogP contribution in [0.2, 0.25) is 0 Å². The van der Waals surface area contributed by atoms with Gasteiger partial charge in [-0.15, -0.1) is 10.2 Å². The Labute approximate surface area is 152 Å². The molecule has 0 N–H and O–H groups in total. The summed E-state index contributed by atoms with van der Waals surface area (Å²) in [4.78, 5) is 16.6. The minimum atomic E-state index is -0.119. The first-order chi connectivity index (χ1) is 12.7. The quantitative estimate of drug-likeness (QED) is 0.502. The Morgan fingerprint density at radius 2 is 2.00 bits per heavy atom. The van der Waals surface area contributed by atoms with E-state index in [0.29, 0.717) is 34.0 Å². The fourth-order valence-corrected chi connectivity index (χ4v) is 3.17. The fourth-order valence-electron chi connectivity index (χ4n) is 2.51. The first-order valence-corrected chi connectivity index (χ1v) is 8.80. The van der Waals surface area contributed by atoms with Crippen LogP contribution in [0.15, 0.2) is 69.2 Å². The number of aromatic nitrogens is 4. The molecule has 0 amide bonds. The van der Waals surface area contributed by atoms with Gasteiger partial charge in [0.25, 0.3) is 16.7 Å². The molecule has 3 aromatic heterocycles. The molecular formula is C18H14N4O3S. The van der Waals surface area contributed by atoms with Gasteiger partial charge in [0.2, 0.25) is 0 Å². The zero-order valence-electron chi connectivity index (χ0n) is 13.8. The molecule has 0 unspecified atom stereocenters. The van der Waals surface area contributed by atoms with Crippen LogP contribution < -0.4 is 10.3 Å². The monoisotopic (exact) mass is 366 g/mol. The van der Waals surface area contributed by atoms with E-state index in [-0.39, 0.29) is 5.56 Å². The zero-order valence-corrected chi connectivity index (χ0v) is 14.6. The largest absolute Gasteiger partial charge is 0.496 e. The summed E-state index contributed by atoms with van der Waals surface area (Å²) in [5.41, 5.74) is 1.88. The molecule has 0 aliphatic heterocycles. The summed E-state index contributed by atoms with van der Waals surface area (Å²) in [6, 6.07) is 14.4. The number of para-hydroxylation sites is 1. The van der Waals surface area contributed by atoms with E-state index >= 15 is 0 Å². The maximum atomic E-state index is 12.1. The average Bonchev–Trinajstić information content (AvgIpc) is 3.15. The van der Waals surface area contributed by atoms with E-state index in [0.717, 1.165) is 5.56 Å². The van der Waals surface area contributed by atoms with E-state index in [4.69, 9.17) is 9.15 Å². The molecule has 130 valence electrons. The second kappa shape index (κ2) is 7.01. The van der Waals surface area contributed by atoms with Crippen molar-refractivity contribution in [2.75, 3.05) is 7.11 Å². The molecule has 26 heavy (non-hydrogen) atoms. The van der Waals surface area contributed by atoms with Crippen LogP contribution >= 0.6 is 11.8 Å². The molecule has 8 heteroatoms. The highest BCUT2D eigenvalue weighted by atomic mass is 32.2. The minimum Gasteiger partial charge on any atom is -0.496 e. The summed E-state index contributed by atoms with van der Waals surface area (Å²) in [5, 5.41) is 8.52. The highest BCUT2D eigenvalue weighted by Gasteiger charge is 2.13. The summed E-state index contributed by atoms with van der Waals surface area (Å²) in [7, 11) is 1.59. The number of nitrogens with zero attached hydrogens (tertiary/aromatic N) is 4. The number of fused-ring (bicyclic) bond motifs is 1. The number of rotatable bonds is 5. The van der Waals surface area contributed by atoms with Crippen molar-refractivity contribution >= 4 is 17.4 Å². The Kier molecular flexibility index (Phi) is 4.40. The van der Waals surface area contributed by atoms with Crippen LogP contribution in [-0.4, -0.2) is 26.7 Å². The number of thioether (sulfide) groups is 1. The Balaban J connectivity index is 1.54. The lowest BCUT2D eigenvalue weighted by Gasteiger charge is -2.03.